The van der Waals surface area contributed by atoms with Gasteiger partial charge in [0.15, 0.2) is 0 Å². The molecule has 0 aliphatic heterocycles. The van der Waals surface area contributed by atoms with Crippen LogP contribution in [-0.4, -0.2) is 31.3 Å². The fourth-order valence-corrected chi connectivity index (χ4v) is 1.66. The molecule has 0 radical (unpaired) electrons. The van der Waals surface area contributed by atoms with E-state index >= 15 is 0 Å². The van der Waals surface area contributed by atoms with Crippen LogP contribution in [0.25, 0.3) is 0 Å². The van der Waals surface area contributed by atoms with Crippen molar-refractivity contribution in [3.63, 3.8) is 0 Å². The zero-order valence-corrected chi connectivity index (χ0v) is 9.90. The molecule has 2 amide bonds. The molecule has 0 unspecified atom stereocenters. The van der Waals surface area contributed by atoms with Gasteiger partial charge in [-0.05, 0) is 18.6 Å². The van der Waals surface area contributed by atoms with Crippen LogP contribution in [0, 0.1) is 0 Å². The number of carbonyl (C=O) groups is 1. The van der Waals surface area contributed by atoms with E-state index in [1.165, 1.54) is 0 Å². The largest absolute Gasteiger partial charge is 0.338 e. The number of carbonyl (C=O) groups excluding carboxylic acids is 1. The second kappa shape index (κ2) is 6.21. The molecule has 6 nitrogen and oxygen atoms in total. The van der Waals surface area contributed by atoms with E-state index in [-0.39, 0.29) is 18.7 Å². The normalized spacial score (nSPS) is 10.9. The molecule has 0 heterocycles. The summed E-state index contributed by atoms with van der Waals surface area (Å²) < 4.78 is 29.3. The zero-order chi connectivity index (χ0) is 12.7. The minimum Gasteiger partial charge on any atom is -0.338 e. The molecule has 17 heavy (non-hydrogen) atoms. The van der Waals surface area contributed by atoms with E-state index in [0.29, 0.717) is 5.69 Å². The number of para-hydroxylation sites is 1. The minimum absolute atomic E-state index is 0.168. The summed E-state index contributed by atoms with van der Waals surface area (Å²) in [6.07, 6.45) is 0.168. The Balaban J connectivity index is 2.23. The molecule has 0 fully saturated rings. The van der Waals surface area contributed by atoms with Crippen LogP contribution in [0.15, 0.2) is 30.3 Å². The molecule has 1 aromatic carbocycles. The highest BCUT2D eigenvalue weighted by molar-refractivity contribution is 7.85. The number of amides is 2. The Hall–Kier alpha value is -1.60. The number of nitrogens with one attached hydrogen (secondary N) is 2. The number of urea groups is 1. The number of anilines is 1. The van der Waals surface area contributed by atoms with Crippen molar-refractivity contribution in [1.82, 2.24) is 5.32 Å². The molecule has 0 saturated carbocycles. The van der Waals surface area contributed by atoms with Gasteiger partial charge in [-0.15, -0.1) is 0 Å². The summed E-state index contributed by atoms with van der Waals surface area (Å²) in [5.41, 5.74) is 0.653. The highest BCUT2D eigenvalue weighted by Crippen LogP contribution is 2.03. The van der Waals surface area contributed by atoms with Crippen molar-refractivity contribution in [1.29, 1.82) is 0 Å². The van der Waals surface area contributed by atoms with Crippen LogP contribution in [0.4, 0.5) is 10.5 Å². The van der Waals surface area contributed by atoms with E-state index in [9.17, 15) is 13.2 Å². The van der Waals surface area contributed by atoms with Gasteiger partial charge in [0.05, 0.1) is 5.75 Å². The van der Waals surface area contributed by atoms with E-state index in [1.54, 1.807) is 24.3 Å². The predicted molar refractivity (Wildman–Crippen MR) is 64.5 cm³/mol. The monoisotopic (exact) mass is 258 g/mol. The summed E-state index contributed by atoms with van der Waals surface area (Å²) in [6, 6.07) is 8.46. The van der Waals surface area contributed by atoms with E-state index in [2.05, 4.69) is 10.6 Å². The molecule has 3 N–H and O–H groups in total. The Morgan fingerprint density at radius 2 is 1.88 bits per heavy atom. The van der Waals surface area contributed by atoms with Gasteiger partial charge < -0.3 is 10.6 Å². The third-order valence-electron chi connectivity index (χ3n) is 1.90. The lowest BCUT2D eigenvalue weighted by Gasteiger charge is -2.06. The lowest BCUT2D eigenvalue weighted by Crippen LogP contribution is -2.30. The molecule has 0 aliphatic carbocycles. The van der Waals surface area contributed by atoms with E-state index in [0.717, 1.165) is 0 Å². The van der Waals surface area contributed by atoms with Crippen LogP contribution in [0.5, 0.6) is 0 Å². The fraction of sp³-hybridized carbons (Fsp3) is 0.300. The van der Waals surface area contributed by atoms with Crippen LogP contribution in [0.3, 0.4) is 0 Å². The Labute approximate surface area is 99.8 Å². The van der Waals surface area contributed by atoms with Crippen molar-refractivity contribution in [3.05, 3.63) is 30.3 Å². The molecule has 1 rings (SSSR count). The predicted octanol–water partition coefficient (Wildman–Crippen LogP) is 1.09. The van der Waals surface area contributed by atoms with E-state index in [1.807, 2.05) is 6.07 Å². The van der Waals surface area contributed by atoms with Gasteiger partial charge in [0.2, 0.25) is 0 Å². The SMILES string of the molecule is O=C(NCCCS(=O)(=O)O)Nc1ccccc1. The van der Waals surface area contributed by atoms with Crippen molar-refractivity contribution in [2.45, 2.75) is 6.42 Å². The maximum Gasteiger partial charge on any atom is 0.319 e. The first-order valence-corrected chi connectivity index (χ1v) is 6.63. The second-order valence-electron chi connectivity index (χ2n) is 3.39. The highest BCUT2D eigenvalue weighted by atomic mass is 32.2. The molecule has 0 atom stereocenters. The Kier molecular flexibility index (Phi) is 4.92. The molecule has 1 aromatic rings. The third-order valence-corrected chi connectivity index (χ3v) is 2.70. The van der Waals surface area contributed by atoms with Gasteiger partial charge in [-0.25, -0.2) is 4.79 Å². The van der Waals surface area contributed by atoms with Crippen LogP contribution >= 0.6 is 0 Å². The van der Waals surface area contributed by atoms with Crippen molar-refractivity contribution in [3.8, 4) is 0 Å². The van der Waals surface area contributed by atoms with Gasteiger partial charge >= 0.3 is 6.03 Å². The van der Waals surface area contributed by atoms with E-state index < -0.39 is 16.1 Å². The summed E-state index contributed by atoms with van der Waals surface area (Å²) in [5.74, 6) is -0.362. The van der Waals surface area contributed by atoms with Crippen molar-refractivity contribution in [2.75, 3.05) is 17.6 Å². The van der Waals surface area contributed by atoms with Gasteiger partial charge in [0.1, 0.15) is 0 Å². The van der Waals surface area contributed by atoms with Crippen LogP contribution in [-0.2, 0) is 10.1 Å². The molecule has 0 bridgehead atoms. The average molecular weight is 258 g/mol. The van der Waals surface area contributed by atoms with Gasteiger partial charge in [0, 0.05) is 12.2 Å². The molecule has 0 spiro atoms. The third kappa shape index (κ3) is 6.54. The molecular formula is C10H14N2O4S. The zero-order valence-electron chi connectivity index (χ0n) is 9.09. The molecular weight excluding hydrogens is 244 g/mol. The average Bonchev–Trinajstić information content (AvgIpc) is 2.25. The van der Waals surface area contributed by atoms with Gasteiger partial charge in [-0.2, -0.15) is 8.42 Å². The first kappa shape index (κ1) is 13.5. The van der Waals surface area contributed by atoms with E-state index in [4.69, 9.17) is 4.55 Å². The molecule has 94 valence electrons. The number of benzene rings is 1. The Morgan fingerprint density at radius 1 is 1.24 bits per heavy atom. The van der Waals surface area contributed by atoms with Crippen molar-refractivity contribution >= 4 is 21.8 Å². The molecule has 0 saturated heterocycles. The molecule has 7 heteroatoms. The maximum atomic E-state index is 11.3. The van der Waals surface area contributed by atoms with Crippen molar-refractivity contribution < 1.29 is 17.8 Å². The summed E-state index contributed by atoms with van der Waals surface area (Å²) in [5, 5.41) is 5.06. The van der Waals surface area contributed by atoms with Gasteiger partial charge in [-0.3, -0.25) is 4.55 Å². The summed E-state index contributed by atoms with van der Waals surface area (Å²) >= 11 is 0. The smallest absolute Gasteiger partial charge is 0.319 e. The minimum atomic E-state index is -3.95. The first-order valence-electron chi connectivity index (χ1n) is 5.02. The second-order valence-corrected chi connectivity index (χ2v) is 4.96. The first-order chi connectivity index (χ1) is 7.97. The molecule has 0 aromatic heterocycles. The standard InChI is InChI=1S/C10H14N2O4S/c13-10(11-7-4-8-17(14,15)16)12-9-5-2-1-3-6-9/h1-3,5-6H,4,7-8H2,(H2,11,12,13)(H,14,15,16). The number of rotatable bonds is 5. The number of hydrogen-bond acceptors (Lipinski definition) is 3. The van der Waals surface area contributed by atoms with Gasteiger partial charge in [-0.1, -0.05) is 18.2 Å². The molecule has 0 aliphatic rings. The quantitative estimate of drug-likeness (QED) is 0.544. The lowest BCUT2D eigenvalue weighted by molar-refractivity contribution is 0.252. The summed E-state index contributed by atoms with van der Waals surface area (Å²) in [4.78, 5) is 11.3. The highest BCUT2D eigenvalue weighted by Gasteiger charge is 2.05. The van der Waals surface area contributed by atoms with Crippen LogP contribution in [0.1, 0.15) is 6.42 Å². The Morgan fingerprint density at radius 3 is 2.47 bits per heavy atom. The van der Waals surface area contributed by atoms with Crippen LogP contribution < -0.4 is 10.6 Å². The Bertz CT molecular complexity index is 458. The van der Waals surface area contributed by atoms with Crippen LogP contribution in [0.2, 0.25) is 0 Å². The number of hydrogen-bond donors (Lipinski definition) is 3. The van der Waals surface area contributed by atoms with Crippen molar-refractivity contribution in [2.24, 2.45) is 0 Å². The fourth-order valence-electron chi connectivity index (χ4n) is 1.15. The topological polar surface area (TPSA) is 95.5 Å². The van der Waals surface area contributed by atoms with Gasteiger partial charge in [0.25, 0.3) is 10.1 Å². The summed E-state index contributed by atoms with van der Waals surface area (Å²) in [6.45, 7) is 0.179. The lowest BCUT2D eigenvalue weighted by atomic mass is 10.3. The summed E-state index contributed by atoms with van der Waals surface area (Å²) in [7, 11) is -3.95. The maximum absolute atomic E-state index is 11.3.